The fourth-order valence-corrected chi connectivity index (χ4v) is 1.02. The van der Waals surface area contributed by atoms with Gasteiger partial charge in [-0.3, -0.25) is 0 Å². The van der Waals surface area contributed by atoms with E-state index >= 15 is 0 Å². The maximum absolute atomic E-state index is 5.37. The van der Waals surface area contributed by atoms with Crippen LogP contribution in [0, 0.1) is 0 Å². The van der Waals surface area contributed by atoms with Crippen molar-refractivity contribution in [2.24, 2.45) is 0 Å². The van der Waals surface area contributed by atoms with E-state index in [2.05, 4.69) is 19.2 Å². The molecule has 74 valence electrons. The van der Waals surface area contributed by atoms with Crippen LogP contribution in [0.2, 0.25) is 0 Å². The molecule has 2 atom stereocenters. The lowest BCUT2D eigenvalue weighted by Crippen LogP contribution is -2.36. The van der Waals surface area contributed by atoms with Gasteiger partial charge in [0.05, 0.1) is 12.7 Å². The fraction of sp³-hybridized carbons (Fsp3) is 1.00. The highest BCUT2D eigenvalue weighted by Crippen LogP contribution is 1.89. The summed E-state index contributed by atoms with van der Waals surface area (Å²) in [6, 6.07) is 0.401. The second kappa shape index (κ2) is 7.53. The molecule has 0 fully saturated rings. The van der Waals surface area contributed by atoms with E-state index in [-0.39, 0.29) is 6.10 Å². The van der Waals surface area contributed by atoms with Gasteiger partial charge in [-0.1, -0.05) is 0 Å². The fourth-order valence-electron chi connectivity index (χ4n) is 1.02. The Morgan fingerprint density at radius 2 is 2.00 bits per heavy atom. The van der Waals surface area contributed by atoms with Crippen molar-refractivity contribution in [1.82, 2.24) is 5.32 Å². The Morgan fingerprint density at radius 3 is 2.50 bits per heavy atom. The third-order valence-corrected chi connectivity index (χ3v) is 1.62. The molecule has 0 saturated heterocycles. The van der Waals surface area contributed by atoms with Crippen LogP contribution < -0.4 is 5.32 Å². The molecule has 1 N–H and O–H groups in total. The van der Waals surface area contributed by atoms with Crippen LogP contribution in [0.1, 0.15) is 20.8 Å². The van der Waals surface area contributed by atoms with Crippen LogP contribution in [0.25, 0.3) is 0 Å². The van der Waals surface area contributed by atoms with Crippen molar-refractivity contribution in [3.8, 4) is 0 Å². The lowest BCUT2D eigenvalue weighted by Gasteiger charge is -2.16. The van der Waals surface area contributed by atoms with E-state index in [9.17, 15) is 0 Å². The topological polar surface area (TPSA) is 30.5 Å². The van der Waals surface area contributed by atoms with Crippen molar-refractivity contribution in [2.75, 3.05) is 26.9 Å². The van der Waals surface area contributed by atoms with E-state index in [0.717, 1.165) is 19.8 Å². The molecule has 0 bridgehead atoms. The van der Waals surface area contributed by atoms with Crippen molar-refractivity contribution >= 4 is 0 Å². The average Bonchev–Trinajstić information content (AvgIpc) is 2.02. The van der Waals surface area contributed by atoms with Crippen LogP contribution in [0.15, 0.2) is 0 Å². The first-order valence-corrected chi connectivity index (χ1v) is 4.54. The third-order valence-electron chi connectivity index (χ3n) is 1.62. The zero-order chi connectivity index (χ0) is 9.40. The Balaban J connectivity index is 3.27. The zero-order valence-electron chi connectivity index (χ0n) is 8.59. The van der Waals surface area contributed by atoms with Crippen LogP contribution in [-0.2, 0) is 9.47 Å². The average molecular weight is 175 g/mol. The molecule has 12 heavy (non-hydrogen) atoms. The van der Waals surface area contributed by atoms with Crippen LogP contribution in [0.5, 0.6) is 0 Å². The molecule has 0 aliphatic carbocycles. The van der Waals surface area contributed by atoms with Gasteiger partial charge in [0.1, 0.15) is 0 Å². The summed E-state index contributed by atoms with van der Waals surface area (Å²) in [5, 5.41) is 3.32. The number of methoxy groups -OCH3 is 1. The molecular weight excluding hydrogens is 154 g/mol. The summed E-state index contributed by atoms with van der Waals surface area (Å²) in [5.41, 5.74) is 0. The highest BCUT2D eigenvalue weighted by Gasteiger charge is 2.03. The third kappa shape index (κ3) is 6.58. The monoisotopic (exact) mass is 175 g/mol. The second-order valence-corrected chi connectivity index (χ2v) is 3.03. The SMILES string of the molecule is CCOC(C)CNC(C)COC. The van der Waals surface area contributed by atoms with Crippen LogP contribution >= 0.6 is 0 Å². The molecule has 2 unspecified atom stereocenters. The summed E-state index contributed by atoms with van der Waals surface area (Å²) >= 11 is 0. The summed E-state index contributed by atoms with van der Waals surface area (Å²) in [7, 11) is 1.71. The Labute approximate surface area is 75.4 Å². The lowest BCUT2D eigenvalue weighted by atomic mass is 10.3. The first-order chi connectivity index (χ1) is 5.70. The molecular formula is C9H21NO2. The van der Waals surface area contributed by atoms with Gasteiger partial charge in [0.15, 0.2) is 0 Å². The number of hydrogen-bond acceptors (Lipinski definition) is 3. The van der Waals surface area contributed by atoms with E-state index in [1.165, 1.54) is 0 Å². The van der Waals surface area contributed by atoms with E-state index < -0.39 is 0 Å². The van der Waals surface area contributed by atoms with Gasteiger partial charge in [0.25, 0.3) is 0 Å². The van der Waals surface area contributed by atoms with Crippen LogP contribution in [0.3, 0.4) is 0 Å². The summed E-state index contributed by atoms with van der Waals surface area (Å²) in [6.45, 7) is 8.59. The Bertz CT molecular complexity index is 86.5. The molecule has 3 nitrogen and oxygen atoms in total. The largest absolute Gasteiger partial charge is 0.383 e. The van der Waals surface area contributed by atoms with E-state index in [1.54, 1.807) is 7.11 Å². The second-order valence-electron chi connectivity index (χ2n) is 3.03. The number of rotatable bonds is 7. The van der Waals surface area contributed by atoms with Gasteiger partial charge in [-0.25, -0.2) is 0 Å². The summed E-state index contributed by atoms with van der Waals surface area (Å²) < 4.78 is 10.4. The molecule has 0 heterocycles. The van der Waals surface area contributed by atoms with Gasteiger partial charge in [0.2, 0.25) is 0 Å². The number of hydrogen-bond donors (Lipinski definition) is 1. The highest BCUT2D eigenvalue weighted by atomic mass is 16.5. The molecule has 0 saturated carbocycles. The Hall–Kier alpha value is -0.120. The molecule has 0 rings (SSSR count). The first-order valence-electron chi connectivity index (χ1n) is 4.54. The lowest BCUT2D eigenvalue weighted by molar-refractivity contribution is 0.0706. The molecule has 0 spiro atoms. The van der Waals surface area contributed by atoms with Crippen molar-refractivity contribution in [2.45, 2.75) is 32.9 Å². The molecule has 0 amide bonds. The van der Waals surface area contributed by atoms with Gasteiger partial charge >= 0.3 is 0 Å². The minimum absolute atomic E-state index is 0.286. The van der Waals surface area contributed by atoms with Gasteiger partial charge in [-0.15, -0.1) is 0 Å². The summed E-state index contributed by atoms with van der Waals surface area (Å²) in [5.74, 6) is 0. The quantitative estimate of drug-likeness (QED) is 0.627. The van der Waals surface area contributed by atoms with Gasteiger partial charge in [-0.05, 0) is 20.8 Å². The highest BCUT2D eigenvalue weighted by molar-refractivity contribution is 4.62. The van der Waals surface area contributed by atoms with Gasteiger partial charge < -0.3 is 14.8 Å². The number of ether oxygens (including phenoxy) is 2. The summed E-state index contributed by atoms with van der Waals surface area (Å²) in [4.78, 5) is 0. The minimum Gasteiger partial charge on any atom is -0.383 e. The maximum Gasteiger partial charge on any atom is 0.0671 e. The molecule has 0 aromatic heterocycles. The molecule has 0 aliphatic rings. The molecule has 0 aromatic carbocycles. The van der Waals surface area contributed by atoms with E-state index in [0.29, 0.717) is 6.04 Å². The molecule has 0 aromatic rings. The van der Waals surface area contributed by atoms with Crippen molar-refractivity contribution in [3.63, 3.8) is 0 Å². The van der Waals surface area contributed by atoms with Crippen molar-refractivity contribution in [3.05, 3.63) is 0 Å². The van der Waals surface area contributed by atoms with Crippen molar-refractivity contribution < 1.29 is 9.47 Å². The predicted octanol–water partition coefficient (Wildman–Crippen LogP) is 1.04. The minimum atomic E-state index is 0.286. The van der Waals surface area contributed by atoms with Crippen LogP contribution in [-0.4, -0.2) is 39.0 Å². The Kier molecular flexibility index (Phi) is 7.45. The molecule has 0 aliphatic heterocycles. The van der Waals surface area contributed by atoms with Crippen LogP contribution in [0.4, 0.5) is 0 Å². The molecule has 3 heteroatoms. The standard InChI is InChI=1S/C9H21NO2/c1-5-12-9(3)6-10-8(2)7-11-4/h8-10H,5-7H2,1-4H3. The van der Waals surface area contributed by atoms with Crippen molar-refractivity contribution in [1.29, 1.82) is 0 Å². The smallest absolute Gasteiger partial charge is 0.0671 e. The normalized spacial score (nSPS) is 16.0. The zero-order valence-corrected chi connectivity index (χ0v) is 8.59. The maximum atomic E-state index is 5.37. The first kappa shape index (κ1) is 11.9. The van der Waals surface area contributed by atoms with Gasteiger partial charge in [0, 0.05) is 26.3 Å². The van der Waals surface area contributed by atoms with E-state index in [4.69, 9.17) is 9.47 Å². The number of nitrogens with one attached hydrogen (secondary N) is 1. The van der Waals surface area contributed by atoms with E-state index in [1.807, 2.05) is 6.92 Å². The summed E-state index contributed by atoms with van der Waals surface area (Å²) in [6.07, 6.45) is 0.286. The molecule has 0 radical (unpaired) electrons. The van der Waals surface area contributed by atoms with Gasteiger partial charge in [-0.2, -0.15) is 0 Å². The predicted molar refractivity (Wildman–Crippen MR) is 50.4 cm³/mol. The Morgan fingerprint density at radius 1 is 1.33 bits per heavy atom.